The van der Waals surface area contributed by atoms with Crippen LogP contribution in [0.2, 0.25) is 0 Å². The molecule has 1 aromatic carbocycles. The van der Waals surface area contributed by atoms with E-state index < -0.39 is 0 Å². The van der Waals surface area contributed by atoms with Gasteiger partial charge in [-0.15, -0.1) is 0 Å². The van der Waals surface area contributed by atoms with Gasteiger partial charge < -0.3 is 5.11 Å². The monoisotopic (exact) mass is 274 g/mol. The summed E-state index contributed by atoms with van der Waals surface area (Å²) >= 11 is 0. The summed E-state index contributed by atoms with van der Waals surface area (Å²) in [5, 5.41) is 17.5. The normalized spacial score (nSPS) is 11.6. The van der Waals surface area contributed by atoms with Crippen LogP contribution in [-0.4, -0.2) is 29.7 Å². The molecule has 0 bridgehead atoms. The molecule has 1 aromatic rings. The van der Waals surface area contributed by atoms with Crippen molar-refractivity contribution < 1.29 is 9.50 Å². The second-order valence-corrected chi connectivity index (χ2v) is 4.67. The molecule has 0 radical (unpaired) electrons. The Morgan fingerprint density at radius 1 is 1.40 bits per heavy atom. The summed E-state index contributed by atoms with van der Waals surface area (Å²) in [5.41, 5.74) is 1.37. The Hall–Kier alpha value is -1.88. The number of hydrogen-bond donors (Lipinski definition) is 1. The Morgan fingerprint density at radius 3 is 2.75 bits per heavy atom. The predicted octanol–water partition coefficient (Wildman–Crippen LogP) is 2.15. The van der Waals surface area contributed by atoms with Crippen molar-refractivity contribution in [2.24, 2.45) is 5.92 Å². The lowest BCUT2D eigenvalue weighted by atomic mass is 10.1. The number of aliphatic hydroxyl groups is 1. The van der Waals surface area contributed by atoms with Crippen molar-refractivity contribution in [2.75, 3.05) is 19.7 Å². The van der Waals surface area contributed by atoms with Crippen molar-refractivity contribution in [3.05, 3.63) is 35.1 Å². The third-order valence-corrected chi connectivity index (χ3v) is 2.88. The third-order valence-electron chi connectivity index (χ3n) is 2.88. The molecule has 1 unspecified atom stereocenters. The predicted molar refractivity (Wildman–Crippen MR) is 76.1 cm³/mol. The summed E-state index contributed by atoms with van der Waals surface area (Å²) in [6.45, 7) is 5.66. The summed E-state index contributed by atoms with van der Waals surface area (Å²) in [6.07, 6.45) is 0. The van der Waals surface area contributed by atoms with E-state index in [1.54, 1.807) is 0 Å². The lowest BCUT2D eigenvalue weighted by Crippen LogP contribution is -2.27. The first-order valence-electron chi connectivity index (χ1n) is 6.60. The van der Waals surface area contributed by atoms with E-state index in [0.717, 1.165) is 12.1 Å². The van der Waals surface area contributed by atoms with Gasteiger partial charge >= 0.3 is 0 Å². The fourth-order valence-electron chi connectivity index (χ4n) is 1.95. The topological polar surface area (TPSA) is 47.3 Å². The Bertz CT molecular complexity index is 540. The standard InChI is InChI=1S/C16H19FN2O/c1-3-19(11-13(2)10-18)12-15-7-14(5-4-6-20)8-16(17)9-15/h7-9,13,20H,3,6,11-12H2,1-2H3. The van der Waals surface area contributed by atoms with Gasteiger partial charge in [-0.3, -0.25) is 4.90 Å². The Kier molecular flexibility index (Phi) is 6.73. The molecule has 4 heteroatoms. The molecular weight excluding hydrogens is 255 g/mol. The zero-order valence-electron chi connectivity index (χ0n) is 11.9. The lowest BCUT2D eigenvalue weighted by Gasteiger charge is -2.21. The van der Waals surface area contributed by atoms with E-state index >= 15 is 0 Å². The lowest BCUT2D eigenvalue weighted by molar-refractivity contribution is 0.260. The highest BCUT2D eigenvalue weighted by molar-refractivity contribution is 5.37. The minimum atomic E-state index is -0.339. The highest BCUT2D eigenvalue weighted by atomic mass is 19.1. The molecule has 1 atom stereocenters. The summed E-state index contributed by atoms with van der Waals surface area (Å²) in [5.74, 6) is 4.82. The quantitative estimate of drug-likeness (QED) is 0.837. The summed E-state index contributed by atoms with van der Waals surface area (Å²) in [4.78, 5) is 2.09. The van der Waals surface area contributed by atoms with Crippen molar-refractivity contribution in [2.45, 2.75) is 20.4 Å². The number of halogens is 1. The van der Waals surface area contributed by atoms with Crippen LogP contribution >= 0.6 is 0 Å². The molecule has 1 rings (SSSR count). The maximum absolute atomic E-state index is 13.5. The van der Waals surface area contributed by atoms with E-state index in [2.05, 4.69) is 22.8 Å². The molecular formula is C16H19FN2O. The van der Waals surface area contributed by atoms with Gasteiger partial charge in [0.25, 0.3) is 0 Å². The van der Waals surface area contributed by atoms with Crippen molar-refractivity contribution in [1.82, 2.24) is 4.90 Å². The van der Waals surface area contributed by atoms with E-state index in [-0.39, 0.29) is 18.3 Å². The van der Waals surface area contributed by atoms with Crippen LogP contribution in [0.25, 0.3) is 0 Å². The number of aliphatic hydroxyl groups excluding tert-OH is 1. The summed E-state index contributed by atoms with van der Waals surface area (Å²) in [7, 11) is 0. The molecule has 20 heavy (non-hydrogen) atoms. The van der Waals surface area contributed by atoms with Gasteiger partial charge in [-0.05, 0) is 37.2 Å². The van der Waals surface area contributed by atoms with Crippen LogP contribution in [0.3, 0.4) is 0 Å². The van der Waals surface area contributed by atoms with Gasteiger partial charge in [0.05, 0.1) is 12.0 Å². The van der Waals surface area contributed by atoms with Crippen LogP contribution in [0.5, 0.6) is 0 Å². The smallest absolute Gasteiger partial charge is 0.124 e. The van der Waals surface area contributed by atoms with Crippen LogP contribution in [0.1, 0.15) is 25.0 Å². The van der Waals surface area contributed by atoms with Crippen molar-refractivity contribution in [3.8, 4) is 17.9 Å². The van der Waals surface area contributed by atoms with Crippen molar-refractivity contribution in [1.29, 1.82) is 5.26 Å². The maximum atomic E-state index is 13.5. The van der Waals surface area contributed by atoms with E-state index in [4.69, 9.17) is 10.4 Å². The minimum Gasteiger partial charge on any atom is -0.384 e. The van der Waals surface area contributed by atoms with E-state index in [1.807, 2.05) is 19.9 Å². The van der Waals surface area contributed by atoms with Crippen LogP contribution in [0.4, 0.5) is 4.39 Å². The number of nitrogens with zero attached hydrogens (tertiary/aromatic N) is 2. The number of hydrogen-bond acceptors (Lipinski definition) is 3. The number of nitriles is 1. The molecule has 0 aromatic heterocycles. The van der Waals surface area contributed by atoms with Crippen molar-refractivity contribution in [3.63, 3.8) is 0 Å². The van der Waals surface area contributed by atoms with Crippen LogP contribution < -0.4 is 0 Å². The fourth-order valence-corrected chi connectivity index (χ4v) is 1.95. The zero-order valence-corrected chi connectivity index (χ0v) is 11.9. The molecule has 0 heterocycles. The Balaban J connectivity index is 2.85. The average Bonchev–Trinajstić information content (AvgIpc) is 2.43. The molecule has 0 aliphatic carbocycles. The Labute approximate surface area is 119 Å². The number of rotatable bonds is 5. The molecule has 0 saturated carbocycles. The largest absolute Gasteiger partial charge is 0.384 e. The van der Waals surface area contributed by atoms with Crippen LogP contribution in [0.15, 0.2) is 18.2 Å². The first-order valence-corrected chi connectivity index (χ1v) is 6.60. The van der Waals surface area contributed by atoms with E-state index in [1.165, 1.54) is 12.1 Å². The fraction of sp³-hybridized carbons (Fsp3) is 0.438. The van der Waals surface area contributed by atoms with Gasteiger partial charge in [-0.2, -0.15) is 5.26 Å². The van der Waals surface area contributed by atoms with E-state index in [9.17, 15) is 4.39 Å². The summed E-state index contributed by atoms with van der Waals surface area (Å²) in [6, 6.07) is 6.83. The second-order valence-electron chi connectivity index (χ2n) is 4.67. The Morgan fingerprint density at radius 2 is 2.15 bits per heavy atom. The average molecular weight is 274 g/mol. The summed E-state index contributed by atoms with van der Waals surface area (Å²) < 4.78 is 13.5. The molecule has 3 nitrogen and oxygen atoms in total. The van der Waals surface area contributed by atoms with Gasteiger partial charge in [0.15, 0.2) is 0 Å². The molecule has 106 valence electrons. The second kappa shape index (κ2) is 8.32. The molecule has 0 spiro atoms. The molecule has 0 amide bonds. The number of benzene rings is 1. The highest BCUT2D eigenvalue weighted by Gasteiger charge is 2.09. The molecule has 0 fully saturated rings. The molecule has 0 saturated heterocycles. The van der Waals surface area contributed by atoms with Gasteiger partial charge in [0, 0.05) is 18.7 Å². The van der Waals surface area contributed by atoms with E-state index in [0.29, 0.717) is 18.7 Å². The van der Waals surface area contributed by atoms with Gasteiger partial charge in [-0.25, -0.2) is 4.39 Å². The van der Waals surface area contributed by atoms with Crippen LogP contribution in [-0.2, 0) is 6.54 Å². The first-order chi connectivity index (χ1) is 9.58. The van der Waals surface area contributed by atoms with Gasteiger partial charge in [0.1, 0.15) is 12.4 Å². The van der Waals surface area contributed by atoms with Gasteiger partial charge in [0.2, 0.25) is 0 Å². The highest BCUT2D eigenvalue weighted by Crippen LogP contribution is 2.12. The molecule has 0 aliphatic rings. The van der Waals surface area contributed by atoms with Gasteiger partial charge in [-0.1, -0.05) is 18.8 Å². The van der Waals surface area contributed by atoms with Crippen molar-refractivity contribution >= 4 is 0 Å². The first kappa shape index (κ1) is 16.2. The zero-order chi connectivity index (χ0) is 15.0. The van der Waals surface area contributed by atoms with Crippen LogP contribution in [0, 0.1) is 34.9 Å². The molecule has 0 aliphatic heterocycles. The maximum Gasteiger partial charge on any atom is 0.124 e. The SMILES string of the molecule is CCN(Cc1cc(F)cc(C#CCO)c1)CC(C)C#N. The third kappa shape index (κ3) is 5.40. The minimum absolute atomic E-state index is 0.0582. The molecule has 1 N–H and O–H groups in total.